The van der Waals surface area contributed by atoms with Crippen molar-refractivity contribution in [2.24, 2.45) is 0 Å². The molecule has 0 radical (unpaired) electrons. The highest BCUT2D eigenvalue weighted by molar-refractivity contribution is 5.75. The number of alkyl halides is 6. The van der Waals surface area contributed by atoms with Gasteiger partial charge in [0, 0.05) is 6.04 Å². The van der Waals surface area contributed by atoms with Gasteiger partial charge in [-0.05, 0) is 55.6 Å². The van der Waals surface area contributed by atoms with Crippen LogP contribution in [0.4, 0.5) is 26.3 Å². The lowest BCUT2D eigenvalue weighted by Gasteiger charge is -2.39. The molecule has 1 aliphatic rings. The molecule has 1 fully saturated rings. The molecule has 1 aliphatic heterocycles. The largest absolute Gasteiger partial charge is 0.437 e. The Morgan fingerprint density at radius 1 is 1.00 bits per heavy atom. The Hall–Kier alpha value is -2.59. The SMILES string of the molecule is CC(C(=O)OCOCc1cc(C(F)(F)F)cc(C(F)(F)F)c1)N1CCCCC1c1ccccc1. The van der Waals surface area contributed by atoms with Crippen LogP contribution in [0.25, 0.3) is 0 Å². The van der Waals surface area contributed by atoms with E-state index in [2.05, 4.69) is 0 Å². The molecule has 4 nitrogen and oxygen atoms in total. The number of hydrogen-bond donors (Lipinski definition) is 0. The molecular weight excluding hydrogens is 464 g/mol. The molecule has 1 saturated heterocycles. The molecule has 34 heavy (non-hydrogen) atoms. The Bertz CT molecular complexity index is 929. The summed E-state index contributed by atoms with van der Waals surface area (Å²) in [5, 5.41) is 0. The van der Waals surface area contributed by atoms with Gasteiger partial charge in [-0.15, -0.1) is 0 Å². The van der Waals surface area contributed by atoms with E-state index in [1.54, 1.807) is 6.92 Å². The smallest absolute Gasteiger partial charge is 0.416 e. The molecule has 1 heterocycles. The standard InChI is InChI=1S/C24H25F6NO3/c1-16(31-10-6-5-9-21(31)18-7-3-2-4-8-18)22(32)34-15-33-14-17-11-19(23(25,26)27)13-20(12-17)24(28,29)30/h2-4,7-8,11-13,16,21H,5-6,9-10,14-15H2,1H3. The zero-order valence-corrected chi connectivity index (χ0v) is 18.5. The summed E-state index contributed by atoms with van der Waals surface area (Å²) < 4.78 is 88.0. The number of esters is 1. The summed E-state index contributed by atoms with van der Waals surface area (Å²) in [5.41, 5.74) is -2.10. The molecule has 0 N–H and O–H groups in total. The average Bonchev–Trinajstić information content (AvgIpc) is 2.80. The molecule has 2 unspecified atom stereocenters. The van der Waals surface area contributed by atoms with Gasteiger partial charge in [0.1, 0.15) is 6.04 Å². The topological polar surface area (TPSA) is 38.8 Å². The predicted octanol–water partition coefficient (Wildman–Crippen LogP) is 6.36. The highest BCUT2D eigenvalue weighted by atomic mass is 19.4. The van der Waals surface area contributed by atoms with Crippen LogP contribution in [-0.2, 0) is 33.2 Å². The molecule has 10 heteroatoms. The molecule has 2 atom stereocenters. The maximum Gasteiger partial charge on any atom is 0.416 e. The quantitative estimate of drug-likeness (QED) is 0.196. The van der Waals surface area contributed by atoms with Crippen molar-refractivity contribution in [3.8, 4) is 0 Å². The zero-order chi connectivity index (χ0) is 24.9. The van der Waals surface area contributed by atoms with Crippen molar-refractivity contribution in [2.45, 2.75) is 57.2 Å². The van der Waals surface area contributed by atoms with E-state index in [4.69, 9.17) is 9.47 Å². The van der Waals surface area contributed by atoms with Gasteiger partial charge in [0.15, 0.2) is 6.79 Å². The normalized spacial score (nSPS) is 18.5. The number of ether oxygens (including phenoxy) is 2. The van der Waals surface area contributed by atoms with Gasteiger partial charge in [-0.25, -0.2) is 0 Å². The number of likely N-dealkylation sites (tertiary alicyclic amines) is 1. The first kappa shape index (κ1) is 26.0. The maximum absolute atomic E-state index is 13.0. The van der Waals surface area contributed by atoms with E-state index in [9.17, 15) is 31.1 Å². The summed E-state index contributed by atoms with van der Waals surface area (Å²) in [6, 6.07) is 10.4. The Balaban J connectivity index is 1.58. The van der Waals surface area contributed by atoms with Crippen molar-refractivity contribution in [3.05, 3.63) is 70.8 Å². The van der Waals surface area contributed by atoms with Gasteiger partial charge in [0.2, 0.25) is 0 Å². The van der Waals surface area contributed by atoms with Crippen LogP contribution in [0.1, 0.15) is 54.5 Å². The van der Waals surface area contributed by atoms with Crippen molar-refractivity contribution < 1.29 is 40.6 Å². The van der Waals surface area contributed by atoms with Crippen molar-refractivity contribution in [1.29, 1.82) is 0 Å². The first-order valence-corrected chi connectivity index (χ1v) is 10.8. The van der Waals surface area contributed by atoms with Crippen molar-refractivity contribution in [1.82, 2.24) is 4.90 Å². The molecule has 2 aromatic carbocycles. The molecular formula is C24H25F6NO3. The van der Waals surface area contributed by atoms with Crippen LogP contribution in [0, 0.1) is 0 Å². The number of piperidine rings is 1. The highest BCUT2D eigenvalue weighted by Crippen LogP contribution is 2.36. The van der Waals surface area contributed by atoms with Crippen LogP contribution in [0.5, 0.6) is 0 Å². The van der Waals surface area contributed by atoms with Crippen LogP contribution in [-0.4, -0.2) is 30.2 Å². The number of nitrogens with zero attached hydrogens (tertiary/aromatic N) is 1. The van der Waals surface area contributed by atoms with Crippen LogP contribution < -0.4 is 0 Å². The minimum absolute atomic E-state index is 0.0457. The summed E-state index contributed by atoms with van der Waals surface area (Å²) in [7, 11) is 0. The number of benzene rings is 2. The van der Waals surface area contributed by atoms with E-state index in [1.807, 2.05) is 35.2 Å². The number of rotatable bonds is 7. The maximum atomic E-state index is 13.0. The van der Waals surface area contributed by atoms with E-state index in [-0.39, 0.29) is 17.7 Å². The lowest BCUT2D eigenvalue weighted by Crippen LogP contribution is -2.45. The van der Waals surface area contributed by atoms with Gasteiger partial charge in [-0.1, -0.05) is 36.8 Å². The Morgan fingerprint density at radius 3 is 2.21 bits per heavy atom. The molecule has 0 aliphatic carbocycles. The number of carbonyl (C=O) groups excluding carboxylic acids is 1. The number of carbonyl (C=O) groups is 1. The molecule has 0 aromatic heterocycles. The third kappa shape index (κ3) is 6.73. The lowest BCUT2D eigenvalue weighted by molar-refractivity contribution is -0.164. The molecule has 3 rings (SSSR count). The highest BCUT2D eigenvalue weighted by Gasteiger charge is 2.37. The number of hydrogen-bond acceptors (Lipinski definition) is 4. The fourth-order valence-electron chi connectivity index (χ4n) is 4.07. The Morgan fingerprint density at radius 2 is 1.62 bits per heavy atom. The van der Waals surface area contributed by atoms with Gasteiger partial charge in [-0.3, -0.25) is 9.69 Å². The average molecular weight is 489 g/mol. The van der Waals surface area contributed by atoms with E-state index in [0.717, 1.165) is 24.8 Å². The Labute approximate surface area is 193 Å². The van der Waals surface area contributed by atoms with Crippen LogP contribution in [0.15, 0.2) is 48.5 Å². The summed E-state index contributed by atoms with van der Waals surface area (Å²) in [5.74, 6) is -0.581. The van der Waals surface area contributed by atoms with E-state index in [0.29, 0.717) is 18.7 Å². The van der Waals surface area contributed by atoms with Gasteiger partial charge >= 0.3 is 18.3 Å². The first-order chi connectivity index (χ1) is 16.0. The molecule has 0 spiro atoms. The van der Waals surface area contributed by atoms with Gasteiger partial charge < -0.3 is 9.47 Å². The van der Waals surface area contributed by atoms with Crippen LogP contribution >= 0.6 is 0 Å². The predicted molar refractivity (Wildman–Crippen MR) is 111 cm³/mol. The third-order valence-electron chi connectivity index (χ3n) is 5.77. The van der Waals surface area contributed by atoms with Crippen molar-refractivity contribution in [2.75, 3.05) is 13.3 Å². The monoisotopic (exact) mass is 489 g/mol. The van der Waals surface area contributed by atoms with Gasteiger partial charge in [-0.2, -0.15) is 26.3 Å². The second-order valence-electron chi connectivity index (χ2n) is 8.18. The second kappa shape index (κ2) is 10.8. The molecule has 0 bridgehead atoms. The van der Waals surface area contributed by atoms with E-state index >= 15 is 0 Å². The minimum Gasteiger partial charge on any atom is -0.437 e. The van der Waals surface area contributed by atoms with Crippen LogP contribution in [0.2, 0.25) is 0 Å². The van der Waals surface area contributed by atoms with Crippen molar-refractivity contribution in [3.63, 3.8) is 0 Å². The van der Waals surface area contributed by atoms with E-state index in [1.165, 1.54) is 0 Å². The zero-order valence-electron chi connectivity index (χ0n) is 18.5. The molecule has 2 aromatic rings. The molecule has 186 valence electrons. The molecule has 0 saturated carbocycles. The third-order valence-corrected chi connectivity index (χ3v) is 5.77. The van der Waals surface area contributed by atoms with Crippen LogP contribution in [0.3, 0.4) is 0 Å². The summed E-state index contributed by atoms with van der Waals surface area (Å²) in [6.45, 7) is 1.22. The van der Waals surface area contributed by atoms with Gasteiger partial charge in [0.05, 0.1) is 17.7 Å². The van der Waals surface area contributed by atoms with Gasteiger partial charge in [0.25, 0.3) is 0 Å². The Kier molecular flexibility index (Phi) is 8.25. The summed E-state index contributed by atoms with van der Waals surface area (Å²) in [6.07, 6.45) is -7.05. The second-order valence-corrected chi connectivity index (χ2v) is 8.18. The fraction of sp³-hybridized carbons (Fsp3) is 0.458. The first-order valence-electron chi connectivity index (χ1n) is 10.8. The summed E-state index contributed by atoms with van der Waals surface area (Å²) in [4.78, 5) is 14.6. The van der Waals surface area contributed by atoms with E-state index < -0.39 is 48.9 Å². The van der Waals surface area contributed by atoms with Crippen molar-refractivity contribution >= 4 is 5.97 Å². The lowest BCUT2D eigenvalue weighted by atomic mass is 9.94. The fourth-order valence-corrected chi connectivity index (χ4v) is 4.07. The minimum atomic E-state index is -4.94. The number of halogens is 6. The summed E-state index contributed by atoms with van der Waals surface area (Å²) >= 11 is 0. The molecule has 0 amide bonds.